The van der Waals surface area contributed by atoms with E-state index >= 15 is 0 Å². The van der Waals surface area contributed by atoms with Crippen LogP contribution in [0.5, 0.6) is 5.75 Å². The summed E-state index contributed by atoms with van der Waals surface area (Å²) in [5, 5.41) is 13.9. The molecule has 0 bridgehead atoms. The molecule has 0 saturated carbocycles. The molecule has 0 fully saturated rings. The summed E-state index contributed by atoms with van der Waals surface area (Å²) in [4.78, 5) is 12.6. The van der Waals surface area contributed by atoms with Gasteiger partial charge in [-0.1, -0.05) is 67.9 Å². The molecule has 5 heteroatoms. The SMILES string of the molecule is CCCC(c1ccc(C(=O)OC(C)(C)C)cc1)C(O)(c1ccc(OC)cc1)c1ccc(F)c2ccccc12. The van der Waals surface area contributed by atoms with Gasteiger partial charge in [0.25, 0.3) is 0 Å². The standard InChI is InChI=1S/C33H35FO4/c1-6-9-28(22-12-14-23(15-13-22)31(35)38-32(2,3)4)33(36,24-16-18-25(37-5)19-17-24)29-20-21-30(34)27-11-8-7-10-26(27)29/h7-8,10-21,28,36H,6,9H2,1-5H3. The first-order valence-corrected chi connectivity index (χ1v) is 13.0. The Morgan fingerprint density at radius 2 is 1.53 bits per heavy atom. The molecule has 2 atom stereocenters. The van der Waals surface area contributed by atoms with Crippen molar-refractivity contribution in [2.75, 3.05) is 7.11 Å². The zero-order valence-electron chi connectivity index (χ0n) is 22.6. The van der Waals surface area contributed by atoms with Gasteiger partial charge in [-0.3, -0.25) is 0 Å². The average Bonchev–Trinajstić information content (AvgIpc) is 2.91. The minimum atomic E-state index is -1.50. The van der Waals surface area contributed by atoms with E-state index in [1.54, 1.807) is 37.4 Å². The number of carbonyl (C=O) groups excluding carboxylic acids is 1. The smallest absolute Gasteiger partial charge is 0.338 e. The first-order valence-electron chi connectivity index (χ1n) is 13.0. The number of benzene rings is 4. The van der Waals surface area contributed by atoms with Crippen molar-refractivity contribution < 1.29 is 23.8 Å². The summed E-state index contributed by atoms with van der Waals surface area (Å²) >= 11 is 0. The van der Waals surface area contributed by atoms with Crippen LogP contribution < -0.4 is 4.74 Å². The monoisotopic (exact) mass is 514 g/mol. The summed E-state index contributed by atoms with van der Waals surface area (Å²) < 4.78 is 25.7. The van der Waals surface area contributed by atoms with E-state index in [4.69, 9.17) is 9.47 Å². The molecular weight excluding hydrogens is 479 g/mol. The number of rotatable bonds is 8. The Kier molecular flexibility index (Phi) is 7.89. The first kappa shape index (κ1) is 27.3. The molecule has 0 aliphatic carbocycles. The molecule has 198 valence electrons. The van der Waals surface area contributed by atoms with Crippen LogP contribution in [0.1, 0.15) is 73.5 Å². The summed E-state index contributed by atoms with van der Waals surface area (Å²) in [6.07, 6.45) is 1.45. The summed E-state index contributed by atoms with van der Waals surface area (Å²) in [5.41, 5.74) is 0.506. The number of halogens is 1. The van der Waals surface area contributed by atoms with E-state index < -0.39 is 17.2 Å². The van der Waals surface area contributed by atoms with Crippen LogP contribution in [0.2, 0.25) is 0 Å². The summed E-state index contributed by atoms with van der Waals surface area (Å²) in [5.74, 6) is -0.447. The van der Waals surface area contributed by atoms with Gasteiger partial charge in [0.15, 0.2) is 0 Å². The van der Waals surface area contributed by atoms with Gasteiger partial charge in [0.2, 0.25) is 0 Å². The van der Waals surface area contributed by atoms with E-state index in [0.29, 0.717) is 39.6 Å². The predicted octanol–water partition coefficient (Wildman–Crippen LogP) is 7.76. The number of carbonyl (C=O) groups is 1. The Bertz CT molecular complexity index is 1400. The third-order valence-corrected chi connectivity index (χ3v) is 6.84. The quantitative estimate of drug-likeness (QED) is 0.244. The van der Waals surface area contributed by atoms with E-state index in [1.807, 2.05) is 69.3 Å². The Morgan fingerprint density at radius 3 is 2.11 bits per heavy atom. The Hall–Kier alpha value is -3.70. The van der Waals surface area contributed by atoms with Gasteiger partial charge in [0, 0.05) is 11.3 Å². The highest BCUT2D eigenvalue weighted by molar-refractivity contribution is 5.90. The molecule has 2 unspecified atom stereocenters. The third kappa shape index (κ3) is 5.44. The van der Waals surface area contributed by atoms with E-state index in [0.717, 1.165) is 12.0 Å². The summed E-state index contributed by atoms with van der Waals surface area (Å²) in [6.45, 7) is 7.56. The number of hydrogen-bond donors (Lipinski definition) is 1. The lowest BCUT2D eigenvalue weighted by Crippen LogP contribution is -2.35. The van der Waals surface area contributed by atoms with Crippen LogP contribution in [-0.2, 0) is 10.3 Å². The van der Waals surface area contributed by atoms with Gasteiger partial charge in [-0.15, -0.1) is 0 Å². The van der Waals surface area contributed by atoms with E-state index in [1.165, 1.54) is 6.07 Å². The molecule has 4 rings (SSSR count). The number of methoxy groups -OCH3 is 1. The summed E-state index contributed by atoms with van der Waals surface area (Å²) in [6, 6.07) is 24.9. The van der Waals surface area contributed by atoms with Crippen LogP contribution >= 0.6 is 0 Å². The van der Waals surface area contributed by atoms with Crippen molar-refractivity contribution in [1.82, 2.24) is 0 Å². The van der Waals surface area contributed by atoms with Crippen LogP contribution in [0.3, 0.4) is 0 Å². The molecule has 4 nitrogen and oxygen atoms in total. The highest BCUT2D eigenvalue weighted by Gasteiger charge is 2.42. The largest absolute Gasteiger partial charge is 0.497 e. The zero-order chi connectivity index (χ0) is 27.5. The normalized spacial score (nSPS) is 14.1. The molecule has 4 aromatic carbocycles. The van der Waals surface area contributed by atoms with Crippen LogP contribution in [-0.4, -0.2) is 23.8 Å². The van der Waals surface area contributed by atoms with Crippen molar-refractivity contribution in [3.63, 3.8) is 0 Å². The first-order chi connectivity index (χ1) is 18.1. The highest BCUT2D eigenvalue weighted by Crippen LogP contribution is 2.47. The number of hydrogen-bond acceptors (Lipinski definition) is 4. The predicted molar refractivity (Wildman–Crippen MR) is 149 cm³/mol. The summed E-state index contributed by atoms with van der Waals surface area (Å²) in [7, 11) is 1.60. The maximum absolute atomic E-state index is 14.8. The van der Waals surface area contributed by atoms with Gasteiger partial charge in [0.05, 0.1) is 12.7 Å². The third-order valence-electron chi connectivity index (χ3n) is 6.84. The fourth-order valence-electron chi connectivity index (χ4n) is 5.08. The van der Waals surface area contributed by atoms with Crippen molar-refractivity contribution >= 4 is 16.7 Å². The second-order valence-electron chi connectivity index (χ2n) is 10.6. The van der Waals surface area contributed by atoms with Gasteiger partial charge in [-0.05, 0) is 79.6 Å². The van der Waals surface area contributed by atoms with E-state index in [2.05, 4.69) is 6.92 Å². The lowest BCUT2D eigenvalue weighted by atomic mass is 9.70. The van der Waals surface area contributed by atoms with Crippen LogP contribution in [0.15, 0.2) is 84.9 Å². The number of ether oxygens (including phenoxy) is 2. The Balaban J connectivity index is 1.90. The minimum Gasteiger partial charge on any atom is -0.497 e. The molecule has 0 aliphatic heterocycles. The van der Waals surface area contributed by atoms with Crippen molar-refractivity contribution in [1.29, 1.82) is 0 Å². The van der Waals surface area contributed by atoms with Crippen LogP contribution in [0, 0.1) is 5.82 Å². The van der Waals surface area contributed by atoms with Crippen molar-refractivity contribution in [2.24, 2.45) is 0 Å². The van der Waals surface area contributed by atoms with Gasteiger partial charge in [0.1, 0.15) is 22.8 Å². The molecule has 0 amide bonds. The van der Waals surface area contributed by atoms with Gasteiger partial charge >= 0.3 is 5.97 Å². The van der Waals surface area contributed by atoms with Gasteiger partial charge in [-0.2, -0.15) is 0 Å². The minimum absolute atomic E-state index is 0.338. The van der Waals surface area contributed by atoms with E-state index in [-0.39, 0.29) is 11.7 Å². The molecule has 0 saturated heterocycles. The number of aliphatic hydroxyl groups is 1. The lowest BCUT2D eigenvalue weighted by Gasteiger charge is -2.39. The van der Waals surface area contributed by atoms with Gasteiger partial charge in [-0.25, -0.2) is 9.18 Å². The zero-order valence-corrected chi connectivity index (χ0v) is 22.6. The molecule has 4 aromatic rings. The molecule has 0 aromatic heterocycles. The second kappa shape index (κ2) is 11.0. The second-order valence-corrected chi connectivity index (χ2v) is 10.6. The maximum atomic E-state index is 14.8. The fourth-order valence-corrected chi connectivity index (χ4v) is 5.08. The lowest BCUT2D eigenvalue weighted by molar-refractivity contribution is 0.00695. The topological polar surface area (TPSA) is 55.8 Å². The molecule has 1 N–H and O–H groups in total. The van der Waals surface area contributed by atoms with E-state index in [9.17, 15) is 14.3 Å². The molecule has 0 radical (unpaired) electrons. The van der Waals surface area contributed by atoms with Crippen molar-refractivity contribution in [3.8, 4) is 5.75 Å². The molecular formula is C33H35FO4. The van der Waals surface area contributed by atoms with Crippen LogP contribution in [0.4, 0.5) is 4.39 Å². The highest BCUT2D eigenvalue weighted by atomic mass is 19.1. The maximum Gasteiger partial charge on any atom is 0.338 e. The van der Waals surface area contributed by atoms with Crippen molar-refractivity contribution in [2.45, 2.75) is 57.7 Å². The molecule has 0 aliphatic rings. The molecule has 0 spiro atoms. The number of fused-ring (bicyclic) bond motifs is 1. The van der Waals surface area contributed by atoms with Crippen molar-refractivity contribution in [3.05, 3.63) is 113 Å². The fraction of sp³-hybridized carbons (Fsp3) is 0.303. The molecule has 0 heterocycles. The molecule has 38 heavy (non-hydrogen) atoms. The Labute approximate surface area is 224 Å². The number of esters is 1. The Morgan fingerprint density at radius 1 is 0.895 bits per heavy atom. The van der Waals surface area contributed by atoms with Crippen LogP contribution in [0.25, 0.3) is 10.8 Å². The van der Waals surface area contributed by atoms with Gasteiger partial charge < -0.3 is 14.6 Å². The average molecular weight is 515 g/mol.